The summed E-state index contributed by atoms with van der Waals surface area (Å²) in [5.41, 5.74) is 2.38. The normalized spacial score (nSPS) is 17.3. The molecule has 1 N–H and O–H groups in total. The fourth-order valence-electron chi connectivity index (χ4n) is 3.27. The molecule has 1 fully saturated rings. The van der Waals surface area contributed by atoms with Gasteiger partial charge in [-0.2, -0.15) is 0 Å². The van der Waals surface area contributed by atoms with Gasteiger partial charge >= 0.3 is 0 Å². The predicted molar refractivity (Wildman–Crippen MR) is 128 cm³/mol. The van der Waals surface area contributed by atoms with Gasteiger partial charge < -0.3 is 10.1 Å². The number of hydrogen-bond donors (Lipinski definition) is 1. The molecule has 0 spiro atoms. The number of carbonyl (C=O) groups excluding carboxylic acids is 2. The van der Waals surface area contributed by atoms with Crippen molar-refractivity contribution in [1.29, 1.82) is 0 Å². The van der Waals surface area contributed by atoms with E-state index in [-0.39, 0.29) is 18.2 Å². The third-order valence-electron chi connectivity index (χ3n) is 4.95. The molecule has 1 atom stereocenters. The van der Waals surface area contributed by atoms with Crippen LogP contribution in [0.5, 0.6) is 5.75 Å². The fourth-order valence-corrected chi connectivity index (χ4v) is 4.37. The van der Waals surface area contributed by atoms with Crippen molar-refractivity contribution < 1.29 is 14.3 Å². The molecule has 0 aromatic heterocycles. The van der Waals surface area contributed by atoms with Gasteiger partial charge in [0.2, 0.25) is 11.8 Å². The fraction of sp³-hybridized carbons (Fsp3) is 0.160. The first-order valence-electron chi connectivity index (χ1n) is 10.2. The molecule has 3 aromatic carbocycles. The molecule has 0 radical (unpaired) electrons. The van der Waals surface area contributed by atoms with E-state index in [2.05, 4.69) is 5.32 Å². The van der Waals surface area contributed by atoms with Crippen LogP contribution in [0.4, 0.5) is 11.4 Å². The van der Waals surface area contributed by atoms with Crippen LogP contribution in [0.1, 0.15) is 12.0 Å². The molecule has 4 rings (SSSR count). The number of rotatable bonds is 6. The lowest BCUT2D eigenvalue weighted by Gasteiger charge is -2.32. The Kier molecular flexibility index (Phi) is 6.87. The molecule has 0 bridgehead atoms. The van der Waals surface area contributed by atoms with E-state index in [0.717, 1.165) is 11.3 Å². The zero-order valence-corrected chi connectivity index (χ0v) is 18.4. The molecule has 1 aliphatic heterocycles. The molecule has 1 aliphatic rings. The Balaban J connectivity index is 1.60. The summed E-state index contributed by atoms with van der Waals surface area (Å²) in [6.45, 7) is 0.398. The Morgan fingerprint density at radius 2 is 1.69 bits per heavy atom. The molecule has 6 nitrogen and oxygen atoms in total. The molecular weight excluding hydrogens is 422 g/mol. The van der Waals surface area contributed by atoms with Gasteiger partial charge in [-0.05, 0) is 42.0 Å². The molecule has 0 saturated carbocycles. The van der Waals surface area contributed by atoms with E-state index < -0.39 is 5.25 Å². The van der Waals surface area contributed by atoms with Crippen molar-refractivity contribution in [2.75, 3.05) is 12.4 Å². The first-order chi connectivity index (χ1) is 15.6. The third-order valence-corrected chi connectivity index (χ3v) is 6.14. The minimum Gasteiger partial charge on any atom is -0.497 e. The number of hydrogen-bond acceptors (Lipinski definition) is 5. The monoisotopic (exact) mass is 445 g/mol. The molecule has 162 valence electrons. The van der Waals surface area contributed by atoms with Crippen LogP contribution >= 0.6 is 11.8 Å². The maximum absolute atomic E-state index is 13.1. The highest BCUT2D eigenvalue weighted by Gasteiger charge is 2.36. The number of nitrogens with zero attached hydrogens (tertiary/aromatic N) is 2. The van der Waals surface area contributed by atoms with E-state index in [9.17, 15) is 9.59 Å². The van der Waals surface area contributed by atoms with Crippen molar-refractivity contribution in [3.8, 4) is 5.75 Å². The van der Waals surface area contributed by atoms with Gasteiger partial charge in [0, 0.05) is 12.1 Å². The van der Waals surface area contributed by atoms with Crippen molar-refractivity contribution in [2.45, 2.75) is 18.2 Å². The number of nitrogens with one attached hydrogen (secondary N) is 1. The number of amides is 2. The minimum absolute atomic E-state index is 0.109. The van der Waals surface area contributed by atoms with E-state index in [1.807, 2.05) is 84.9 Å². The van der Waals surface area contributed by atoms with Crippen LogP contribution in [-0.4, -0.2) is 34.2 Å². The lowest BCUT2D eigenvalue weighted by Crippen LogP contribution is -2.44. The van der Waals surface area contributed by atoms with Gasteiger partial charge in [0.15, 0.2) is 5.17 Å². The van der Waals surface area contributed by atoms with Crippen molar-refractivity contribution >= 4 is 40.1 Å². The molecule has 1 heterocycles. The summed E-state index contributed by atoms with van der Waals surface area (Å²) in [6, 6.07) is 26.3. The summed E-state index contributed by atoms with van der Waals surface area (Å²) in [4.78, 5) is 32.3. The van der Waals surface area contributed by atoms with Crippen molar-refractivity contribution in [2.24, 2.45) is 4.99 Å². The average molecular weight is 446 g/mol. The second-order valence-electron chi connectivity index (χ2n) is 7.22. The standard InChI is InChI=1S/C25H23N3O3S/c1-31-21-14-12-20(13-15-21)27-25-28(17-18-8-4-2-5-9-18)23(29)16-22(32-25)24(30)26-19-10-6-3-7-11-19/h2-15,22H,16-17H2,1H3,(H,26,30)/t22-/m0/s1. The van der Waals surface area contributed by atoms with E-state index in [1.165, 1.54) is 11.8 Å². The van der Waals surface area contributed by atoms with Gasteiger partial charge in [0.1, 0.15) is 11.0 Å². The number of methoxy groups -OCH3 is 1. The van der Waals surface area contributed by atoms with Crippen LogP contribution in [0.15, 0.2) is 89.9 Å². The van der Waals surface area contributed by atoms with Crippen LogP contribution in [0.2, 0.25) is 0 Å². The molecular formula is C25H23N3O3S. The molecule has 32 heavy (non-hydrogen) atoms. The SMILES string of the molecule is COc1ccc(N=C2S[C@H](C(=O)Nc3ccccc3)CC(=O)N2Cc2ccccc2)cc1. The van der Waals surface area contributed by atoms with E-state index in [0.29, 0.717) is 23.1 Å². The van der Waals surface area contributed by atoms with Gasteiger partial charge in [-0.1, -0.05) is 60.3 Å². The van der Waals surface area contributed by atoms with Gasteiger partial charge in [-0.25, -0.2) is 4.99 Å². The van der Waals surface area contributed by atoms with E-state index >= 15 is 0 Å². The number of para-hydroxylation sites is 1. The Bertz CT molecular complexity index is 1100. The highest BCUT2D eigenvalue weighted by Crippen LogP contribution is 2.31. The number of amidine groups is 1. The number of anilines is 1. The predicted octanol–water partition coefficient (Wildman–Crippen LogP) is 4.86. The molecule has 2 amide bonds. The van der Waals surface area contributed by atoms with Crippen LogP contribution < -0.4 is 10.1 Å². The average Bonchev–Trinajstić information content (AvgIpc) is 2.83. The van der Waals surface area contributed by atoms with Crippen LogP contribution in [0, 0.1) is 0 Å². The Morgan fingerprint density at radius 3 is 2.34 bits per heavy atom. The number of ether oxygens (including phenoxy) is 1. The summed E-state index contributed by atoms with van der Waals surface area (Å²) < 4.78 is 5.21. The van der Waals surface area contributed by atoms with Gasteiger partial charge in [-0.15, -0.1) is 0 Å². The Morgan fingerprint density at radius 1 is 1.03 bits per heavy atom. The maximum atomic E-state index is 13.1. The first-order valence-corrected chi connectivity index (χ1v) is 11.1. The van der Waals surface area contributed by atoms with E-state index in [4.69, 9.17) is 9.73 Å². The second kappa shape index (κ2) is 10.2. The maximum Gasteiger partial charge on any atom is 0.238 e. The Labute approximate surface area is 191 Å². The summed E-state index contributed by atoms with van der Waals surface area (Å²) >= 11 is 1.31. The molecule has 1 saturated heterocycles. The lowest BCUT2D eigenvalue weighted by atomic mass is 10.2. The zero-order valence-electron chi connectivity index (χ0n) is 17.6. The Hall–Kier alpha value is -3.58. The van der Waals surface area contributed by atoms with Crippen molar-refractivity contribution in [3.63, 3.8) is 0 Å². The molecule has 3 aromatic rings. The minimum atomic E-state index is -0.563. The van der Waals surface area contributed by atoms with Crippen LogP contribution in [0.25, 0.3) is 0 Å². The summed E-state index contributed by atoms with van der Waals surface area (Å²) in [5.74, 6) is 0.381. The van der Waals surface area contributed by atoms with Crippen molar-refractivity contribution in [1.82, 2.24) is 4.90 Å². The molecule has 0 unspecified atom stereocenters. The van der Waals surface area contributed by atoms with Crippen LogP contribution in [-0.2, 0) is 16.1 Å². The number of aliphatic imine (C=N–C) groups is 1. The van der Waals surface area contributed by atoms with Crippen molar-refractivity contribution in [3.05, 3.63) is 90.5 Å². The number of thioether (sulfide) groups is 1. The van der Waals surface area contributed by atoms with Gasteiger partial charge in [0.05, 0.1) is 19.3 Å². The first kappa shape index (κ1) is 21.6. The molecule has 7 heteroatoms. The lowest BCUT2D eigenvalue weighted by molar-refractivity contribution is -0.129. The number of carbonyl (C=O) groups is 2. The summed E-state index contributed by atoms with van der Waals surface area (Å²) in [7, 11) is 1.61. The van der Waals surface area contributed by atoms with Gasteiger partial charge in [-0.3, -0.25) is 14.5 Å². The smallest absolute Gasteiger partial charge is 0.238 e. The topological polar surface area (TPSA) is 71.0 Å². The third kappa shape index (κ3) is 5.36. The van der Waals surface area contributed by atoms with Gasteiger partial charge in [0.25, 0.3) is 0 Å². The highest BCUT2D eigenvalue weighted by atomic mass is 32.2. The quantitative estimate of drug-likeness (QED) is 0.588. The largest absolute Gasteiger partial charge is 0.497 e. The van der Waals surface area contributed by atoms with Crippen LogP contribution in [0.3, 0.4) is 0 Å². The summed E-state index contributed by atoms with van der Waals surface area (Å²) in [6.07, 6.45) is 0.109. The second-order valence-corrected chi connectivity index (χ2v) is 8.39. The number of benzene rings is 3. The van der Waals surface area contributed by atoms with E-state index in [1.54, 1.807) is 12.0 Å². The summed E-state index contributed by atoms with van der Waals surface area (Å²) in [5, 5.41) is 2.83. The zero-order chi connectivity index (χ0) is 22.3. The highest BCUT2D eigenvalue weighted by molar-refractivity contribution is 8.15. The molecule has 0 aliphatic carbocycles.